The summed E-state index contributed by atoms with van der Waals surface area (Å²) >= 11 is 0. The van der Waals surface area contributed by atoms with Gasteiger partial charge in [0.2, 0.25) is 5.89 Å². The molecule has 0 aliphatic carbocycles. The zero-order chi connectivity index (χ0) is 21.3. The van der Waals surface area contributed by atoms with Gasteiger partial charge in [0.05, 0.1) is 11.9 Å². The molecule has 1 atom stereocenters. The molecule has 4 rings (SSSR count). The second-order valence-corrected chi connectivity index (χ2v) is 8.21. The van der Waals surface area contributed by atoms with Crippen LogP contribution in [0, 0.1) is 5.82 Å². The highest BCUT2D eigenvalue weighted by Gasteiger charge is 2.33. The van der Waals surface area contributed by atoms with Gasteiger partial charge in [-0.1, -0.05) is 26.0 Å². The van der Waals surface area contributed by atoms with Crippen LogP contribution >= 0.6 is 0 Å². The van der Waals surface area contributed by atoms with Crippen LogP contribution in [0.2, 0.25) is 0 Å². The molecule has 2 aromatic heterocycles. The van der Waals surface area contributed by atoms with Gasteiger partial charge in [-0.2, -0.15) is 5.10 Å². The van der Waals surface area contributed by atoms with Crippen molar-refractivity contribution in [2.24, 2.45) is 7.05 Å². The van der Waals surface area contributed by atoms with E-state index in [0.29, 0.717) is 30.3 Å². The van der Waals surface area contributed by atoms with E-state index in [9.17, 15) is 9.18 Å². The molecule has 0 spiro atoms. The van der Waals surface area contributed by atoms with Crippen molar-refractivity contribution in [2.45, 2.75) is 51.5 Å². The number of oxazole rings is 1. The largest absolute Gasteiger partial charge is 0.443 e. The molecule has 1 saturated heterocycles. The molecule has 30 heavy (non-hydrogen) atoms. The van der Waals surface area contributed by atoms with Crippen LogP contribution in [0.5, 0.6) is 0 Å². The van der Waals surface area contributed by atoms with Crippen LogP contribution in [-0.2, 0) is 13.5 Å². The molecule has 0 N–H and O–H groups in total. The Balaban J connectivity index is 1.55. The third-order valence-electron chi connectivity index (χ3n) is 5.60. The molecule has 0 bridgehead atoms. The summed E-state index contributed by atoms with van der Waals surface area (Å²) in [6, 6.07) is 8.13. The van der Waals surface area contributed by atoms with Gasteiger partial charge < -0.3 is 9.32 Å². The number of nitrogens with zero attached hydrogens (tertiary/aromatic N) is 4. The Hall–Kier alpha value is -2.96. The van der Waals surface area contributed by atoms with Crippen molar-refractivity contribution in [3.63, 3.8) is 0 Å². The van der Waals surface area contributed by atoms with Crippen molar-refractivity contribution in [2.75, 3.05) is 6.54 Å². The Morgan fingerprint density at radius 3 is 2.87 bits per heavy atom. The van der Waals surface area contributed by atoms with Crippen LogP contribution < -0.4 is 0 Å². The lowest BCUT2D eigenvalue weighted by Crippen LogP contribution is -2.39. The highest BCUT2D eigenvalue weighted by Crippen LogP contribution is 2.32. The van der Waals surface area contributed by atoms with E-state index in [4.69, 9.17) is 4.42 Å². The van der Waals surface area contributed by atoms with Gasteiger partial charge in [-0.05, 0) is 48.9 Å². The van der Waals surface area contributed by atoms with Crippen LogP contribution in [0.25, 0.3) is 0 Å². The van der Waals surface area contributed by atoms with E-state index in [1.54, 1.807) is 24.0 Å². The standard InChI is InChI=1S/C23H27FN4O2/c1-15(2)19-13-21(27(3)26-19)23(29)28-10-5-4-9-20(28)22-25-14-18(30-22)12-16-7-6-8-17(24)11-16/h6-8,11,13-15,20H,4-5,9-10,12H2,1-3H3/t20-/m0/s1. The first-order chi connectivity index (χ1) is 14.4. The van der Waals surface area contributed by atoms with Crippen molar-refractivity contribution >= 4 is 5.91 Å². The Morgan fingerprint density at radius 2 is 2.13 bits per heavy atom. The van der Waals surface area contributed by atoms with E-state index in [2.05, 4.69) is 23.9 Å². The molecule has 0 radical (unpaired) electrons. The molecule has 3 aromatic rings. The third kappa shape index (κ3) is 4.15. The molecule has 7 heteroatoms. The monoisotopic (exact) mass is 410 g/mol. The first kappa shape index (κ1) is 20.3. The molecule has 1 aromatic carbocycles. The minimum absolute atomic E-state index is 0.0496. The summed E-state index contributed by atoms with van der Waals surface area (Å²) in [5.74, 6) is 1.14. The van der Waals surface area contributed by atoms with Crippen molar-refractivity contribution in [1.82, 2.24) is 19.7 Å². The van der Waals surface area contributed by atoms with E-state index in [1.165, 1.54) is 12.1 Å². The van der Waals surface area contributed by atoms with E-state index in [-0.39, 0.29) is 23.7 Å². The fourth-order valence-corrected chi connectivity index (χ4v) is 3.96. The number of rotatable bonds is 5. The molecule has 1 amide bonds. The predicted octanol–water partition coefficient (Wildman–Crippen LogP) is 4.63. The van der Waals surface area contributed by atoms with Gasteiger partial charge in [-0.25, -0.2) is 9.37 Å². The average molecular weight is 410 g/mol. The number of likely N-dealkylation sites (tertiary alicyclic amines) is 1. The van der Waals surface area contributed by atoms with Gasteiger partial charge in [-0.15, -0.1) is 0 Å². The molecule has 0 unspecified atom stereocenters. The molecular weight excluding hydrogens is 383 g/mol. The number of amides is 1. The number of benzene rings is 1. The summed E-state index contributed by atoms with van der Waals surface area (Å²) < 4.78 is 21.1. The van der Waals surface area contributed by atoms with Crippen LogP contribution in [-0.4, -0.2) is 32.1 Å². The average Bonchev–Trinajstić information content (AvgIpc) is 3.34. The zero-order valence-corrected chi connectivity index (χ0v) is 17.6. The molecule has 1 fully saturated rings. The SMILES string of the molecule is CC(C)c1cc(C(=O)N2CCCC[C@H]2c2ncc(Cc3cccc(F)c3)o2)n(C)n1. The molecule has 1 aliphatic heterocycles. The summed E-state index contributed by atoms with van der Waals surface area (Å²) in [7, 11) is 1.81. The summed E-state index contributed by atoms with van der Waals surface area (Å²) in [5, 5.41) is 4.48. The highest BCUT2D eigenvalue weighted by atomic mass is 19.1. The Kier molecular flexibility index (Phi) is 5.70. The van der Waals surface area contributed by atoms with E-state index >= 15 is 0 Å². The molecule has 6 nitrogen and oxygen atoms in total. The maximum Gasteiger partial charge on any atom is 0.272 e. The smallest absolute Gasteiger partial charge is 0.272 e. The Morgan fingerprint density at radius 1 is 1.30 bits per heavy atom. The normalized spacial score (nSPS) is 17.0. The van der Waals surface area contributed by atoms with E-state index in [0.717, 1.165) is 30.5 Å². The van der Waals surface area contributed by atoms with Gasteiger partial charge >= 0.3 is 0 Å². The lowest BCUT2D eigenvalue weighted by Gasteiger charge is -2.33. The minimum Gasteiger partial charge on any atom is -0.443 e. The topological polar surface area (TPSA) is 64.2 Å². The maximum atomic E-state index is 13.5. The molecule has 0 saturated carbocycles. The number of hydrogen-bond acceptors (Lipinski definition) is 4. The van der Waals surface area contributed by atoms with Crippen molar-refractivity contribution in [1.29, 1.82) is 0 Å². The maximum absolute atomic E-state index is 13.5. The summed E-state index contributed by atoms with van der Waals surface area (Å²) in [6.45, 7) is 4.79. The van der Waals surface area contributed by atoms with Gasteiger partial charge in [0.15, 0.2) is 0 Å². The van der Waals surface area contributed by atoms with Gasteiger partial charge in [0.25, 0.3) is 5.91 Å². The van der Waals surface area contributed by atoms with E-state index < -0.39 is 0 Å². The van der Waals surface area contributed by atoms with Crippen molar-refractivity contribution < 1.29 is 13.6 Å². The van der Waals surface area contributed by atoms with Crippen LogP contribution in [0.15, 0.2) is 40.9 Å². The number of piperidine rings is 1. The number of halogens is 1. The second kappa shape index (κ2) is 8.42. The Bertz CT molecular complexity index is 1040. The Labute approximate surface area is 175 Å². The quantitative estimate of drug-likeness (QED) is 0.615. The summed E-state index contributed by atoms with van der Waals surface area (Å²) in [5.41, 5.74) is 2.31. The third-order valence-corrected chi connectivity index (χ3v) is 5.60. The lowest BCUT2D eigenvalue weighted by atomic mass is 10.0. The molecular formula is C23H27FN4O2. The summed E-state index contributed by atoms with van der Waals surface area (Å²) in [4.78, 5) is 19.6. The second-order valence-electron chi connectivity index (χ2n) is 8.21. The highest BCUT2D eigenvalue weighted by molar-refractivity contribution is 5.93. The van der Waals surface area contributed by atoms with Crippen LogP contribution in [0.4, 0.5) is 4.39 Å². The number of aromatic nitrogens is 3. The minimum atomic E-state index is -0.270. The first-order valence-electron chi connectivity index (χ1n) is 10.5. The number of hydrogen-bond donors (Lipinski definition) is 0. The predicted molar refractivity (Wildman–Crippen MR) is 111 cm³/mol. The van der Waals surface area contributed by atoms with Gasteiger partial charge in [-0.3, -0.25) is 9.48 Å². The number of carbonyl (C=O) groups is 1. The zero-order valence-electron chi connectivity index (χ0n) is 17.6. The molecule has 1 aliphatic rings. The fourth-order valence-electron chi connectivity index (χ4n) is 3.96. The fraction of sp³-hybridized carbons (Fsp3) is 0.435. The first-order valence-corrected chi connectivity index (χ1v) is 10.5. The van der Waals surface area contributed by atoms with Crippen molar-refractivity contribution in [3.05, 3.63) is 70.9 Å². The summed E-state index contributed by atoms with van der Waals surface area (Å²) in [6.07, 6.45) is 4.91. The van der Waals surface area contributed by atoms with Crippen LogP contribution in [0.1, 0.15) is 78.5 Å². The van der Waals surface area contributed by atoms with Gasteiger partial charge in [0, 0.05) is 20.0 Å². The molecule has 3 heterocycles. The van der Waals surface area contributed by atoms with E-state index in [1.807, 2.05) is 17.0 Å². The van der Waals surface area contributed by atoms with Crippen molar-refractivity contribution in [3.8, 4) is 0 Å². The number of aryl methyl sites for hydroxylation is 1. The van der Waals surface area contributed by atoms with Crippen LogP contribution in [0.3, 0.4) is 0 Å². The molecule has 158 valence electrons. The number of carbonyl (C=O) groups excluding carboxylic acids is 1. The van der Waals surface area contributed by atoms with Gasteiger partial charge in [0.1, 0.15) is 23.3 Å². The lowest BCUT2D eigenvalue weighted by molar-refractivity contribution is 0.0558.